The molecule has 2 aromatic rings. The van der Waals surface area contributed by atoms with Gasteiger partial charge in [0.2, 0.25) is 5.91 Å². The van der Waals surface area contributed by atoms with E-state index in [1.165, 1.54) is 4.90 Å². The van der Waals surface area contributed by atoms with Crippen molar-refractivity contribution in [2.75, 3.05) is 37.6 Å². The van der Waals surface area contributed by atoms with Crippen LogP contribution in [0.15, 0.2) is 42.5 Å². The molecule has 0 radical (unpaired) electrons. The van der Waals surface area contributed by atoms with Crippen LogP contribution in [0.4, 0.5) is 10.5 Å². The second-order valence-corrected chi connectivity index (χ2v) is 10.5. The van der Waals surface area contributed by atoms with Crippen LogP contribution in [0.25, 0.3) is 0 Å². The minimum Gasteiger partial charge on any atom is -0.444 e. The molecule has 0 bridgehead atoms. The van der Waals surface area contributed by atoms with Crippen LogP contribution in [0, 0.1) is 0 Å². The number of piperazine rings is 1. The van der Waals surface area contributed by atoms with Crippen molar-refractivity contribution in [3.8, 4) is 0 Å². The summed E-state index contributed by atoms with van der Waals surface area (Å²) in [5, 5.41) is 1.75. The van der Waals surface area contributed by atoms with Gasteiger partial charge in [0.15, 0.2) is 0 Å². The standard InChI is InChI=1S/C25H30Cl3N3O3.CH4/c1-5-29(24(33)34-25(2,3)4)16-23(32)30-12-13-31(21-11-10-19(27)14-20(21)28)22(15-30)17-6-8-18(26)9-7-17;/h6-11,14,22H,5,12-13,15-16H2,1-4H3;1H4/t22-;/m0./s1. The van der Waals surface area contributed by atoms with Gasteiger partial charge in [-0.15, -0.1) is 0 Å². The topological polar surface area (TPSA) is 53.1 Å². The molecule has 0 spiro atoms. The maximum Gasteiger partial charge on any atom is 0.410 e. The van der Waals surface area contributed by atoms with E-state index in [-0.39, 0.29) is 25.9 Å². The molecular formula is C26H34Cl3N3O3. The minimum absolute atomic E-state index is 0. The number of nitrogens with zero attached hydrogens (tertiary/aromatic N) is 3. The molecule has 1 heterocycles. The number of halogens is 3. The zero-order valence-corrected chi connectivity index (χ0v) is 22.1. The van der Waals surface area contributed by atoms with E-state index in [4.69, 9.17) is 39.5 Å². The number of hydrogen-bond acceptors (Lipinski definition) is 4. The number of benzene rings is 2. The molecule has 2 aromatic carbocycles. The molecule has 0 saturated carbocycles. The van der Waals surface area contributed by atoms with E-state index in [9.17, 15) is 9.59 Å². The van der Waals surface area contributed by atoms with Gasteiger partial charge in [0.25, 0.3) is 0 Å². The van der Waals surface area contributed by atoms with Gasteiger partial charge in [-0.05, 0) is 63.6 Å². The molecule has 9 heteroatoms. The van der Waals surface area contributed by atoms with Crippen molar-refractivity contribution in [2.24, 2.45) is 0 Å². The second kappa shape index (κ2) is 12.2. The summed E-state index contributed by atoms with van der Waals surface area (Å²) >= 11 is 18.7. The van der Waals surface area contributed by atoms with Gasteiger partial charge >= 0.3 is 6.09 Å². The molecule has 0 unspecified atom stereocenters. The number of hydrogen-bond donors (Lipinski definition) is 0. The lowest BCUT2D eigenvalue weighted by molar-refractivity contribution is -0.133. The van der Waals surface area contributed by atoms with Gasteiger partial charge < -0.3 is 14.5 Å². The Morgan fingerprint density at radius 1 is 1.03 bits per heavy atom. The molecule has 2 amide bonds. The summed E-state index contributed by atoms with van der Waals surface area (Å²) in [6.45, 7) is 9.07. The van der Waals surface area contributed by atoms with Crippen molar-refractivity contribution < 1.29 is 14.3 Å². The van der Waals surface area contributed by atoms with Gasteiger partial charge in [0.05, 0.1) is 16.8 Å². The fourth-order valence-electron chi connectivity index (χ4n) is 3.88. The molecule has 35 heavy (non-hydrogen) atoms. The lowest BCUT2D eigenvalue weighted by Crippen LogP contribution is -2.53. The largest absolute Gasteiger partial charge is 0.444 e. The zero-order valence-electron chi connectivity index (χ0n) is 19.9. The normalized spacial score (nSPS) is 15.9. The number of amides is 2. The Labute approximate surface area is 223 Å². The van der Waals surface area contributed by atoms with Crippen LogP contribution < -0.4 is 4.90 Å². The molecule has 192 valence electrons. The van der Waals surface area contributed by atoms with Crippen LogP contribution in [-0.4, -0.2) is 60.1 Å². The van der Waals surface area contributed by atoms with Crippen molar-refractivity contribution >= 4 is 52.5 Å². The predicted molar refractivity (Wildman–Crippen MR) is 145 cm³/mol. The first-order chi connectivity index (χ1) is 16.0. The van der Waals surface area contributed by atoms with E-state index in [1.807, 2.05) is 37.3 Å². The van der Waals surface area contributed by atoms with E-state index >= 15 is 0 Å². The van der Waals surface area contributed by atoms with Crippen LogP contribution in [0.2, 0.25) is 15.1 Å². The predicted octanol–water partition coefficient (Wildman–Crippen LogP) is 6.93. The van der Waals surface area contributed by atoms with Gasteiger partial charge in [-0.25, -0.2) is 4.79 Å². The average molecular weight is 543 g/mol. The third-order valence-corrected chi connectivity index (χ3v) is 6.36. The van der Waals surface area contributed by atoms with E-state index in [0.717, 1.165) is 11.3 Å². The van der Waals surface area contributed by atoms with E-state index in [1.54, 1.807) is 37.8 Å². The number of likely N-dealkylation sites (N-methyl/N-ethyl adjacent to an activating group) is 1. The van der Waals surface area contributed by atoms with Gasteiger partial charge in [-0.2, -0.15) is 0 Å². The smallest absolute Gasteiger partial charge is 0.410 e. The first-order valence-electron chi connectivity index (χ1n) is 11.2. The molecule has 1 fully saturated rings. The molecule has 1 aliphatic heterocycles. The van der Waals surface area contributed by atoms with Gasteiger partial charge in [-0.1, -0.05) is 54.4 Å². The van der Waals surface area contributed by atoms with Crippen LogP contribution in [0.5, 0.6) is 0 Å². The highest BCUT2D eigenvalue weighted by atomic mass is 35.5. The molecule has 0 N–H and O–H groups in total. The summed E-state index contributed by atoms with van der Waals surface area (Å²) in [6.07, 6.45) is -0.496. The highest BCUT2D eigenvalue weighted by Gasteiger charge is 2.33. The van der Waals surface area contributed by atoms with Crippen LogP contribution in [0.3, 0.4) is 0 Å². The summed E-state index contributed by atoms with van der Waals surface area (Å²) in [4.78, 5) is 31.1. The van der Waals surface area contributed by atoms with Crippen molar-refractivity contribution in [1.29, 1.82) is 0 Å². The molecule has 3 rings (SSSR count). The summed E-state index contributed by atoms with van der Waals surface area (Å²) < 4.78 is 5.45. The van der Waals surface area contributed by atoms with E-state index in [0.29, 0.717) is 41.2 Å². The molecule has 1 saturated heterocycles. The fourth-order valence-corrected chi connectivity index (χ4v) is 4.52. The molecular weight excluding hydrogens is 509 g/mol. The Hall–Kier alpha value is -2.15. The molecule has 1 aliphatic rings. The van der Waals surface area contributed by atoms with Gasteiger partial charge in [0.1, 0.15) is 12.1 Å². The fraction of sp³-hybridized carbons (Fsp3) is 0.462. The number of carbonyl (C=O) groups is 2. The monoisotopic (exact) mass is 541 g/mol. The maximum atomic E-state index is 13.2. The van der Waals surface area contributed by atoms with Crippen LogP contribution in [0.1, 0.15) is 46.7 Å². The SMILES string of the molecule is C.CCN(CC(=O)N1CCN(c2ccc(Cl)cc2Cl)[C@H](c2ccc(Cl)cc2)C1)C(=O)OC(C)(C)C. The lowest BCUT2D eigenvalue weighted by atomic mass is 10.0. The second-order valence-electron chi connectivity index (χ2n) is 9.19. The van der Waals surface area contributed by atoms with Crippen molar-refractivity contribution in [1.82, 2.24) is 9.80 Å². The van der Waals surface area contributed by atoms with Crippen LogP contribution in [-0.2, 0) is 9.53 Å². The number of anilines is 1. The van der Waals surface area contributed by atoms with Crippen LogP contribution >= 0.6 is 34.8 Å². The minimum atomic E-state index is -0.628. The highest BCUT2D eigenvalue weighted by molar-refractivity contribution is 6.36. The summed E-state index contributed by atoms with van der Waals surface area (Å²) in [6, 6.07) is 12.8. The van der Waals surface area contributed by atoms with Gasteiger partial charge in [0, 0.05) is 36.2 Å². The maximum absolute atomic E-state index is 13.2. The zero-order chi connectivity index (χ0) is 25.0. The summed E-state index contributed by atoms with van der Waals surface area (Å²) in [7, 11) is 0. The average Bonchev–Trinajstić information content (AvgIpc) is 2.76. The van der Waals surface area contributed by atoms with E-state index in [2.05, 4.69) is 4.90 Å². The molecule has 0 aromatic heterocycles. The third-order valence-electron chi connectivity index (χ3n) is 5.57. The summed E-state index contributed by atoms with van der Waals surface area (Å²) in [5.41, 5.74) is 1.23. The third kappa shape index (κ3) is 7.66. The number of ether oxygens (including phenoxy) is 1. The lowest BCUT2D eigenvalue weighted by Gasteiger charge is -2.43. The Morgan fingerprint density at radius 2 is 1.66 bits per heavy atom. The van der Waals surface area contributed by atoms with Gasteiger partial charge in [-0.3, -0.25) is 9.69 Å². The van der Waals surface area contributed by atoms with Crippen molar-refractivity contribution in [2.45, 2.75) is 46.8 Å². The first kappa shape index (κ1) is 29.1. The summed E-state index contributed by atoms with van der Waals surface area (Å²) in [5.74, 6) is -0.131. The molecule has 1 atom stereocenters. The van der Waals surface area contributed by atoms with Crippen molar-refractivity contribution in [3.63, 3.8) is 0 Å². The van der Waals surface area contributed by atoms with E-state index < -0.39 is 11.7 Å². The highest BCUT2D eigenvalue weighted by Crippen LogP contribution is 2.36. The Morgan fingerprint density at radius 3 is 2.23 bits per heavy atom. The Kier molecular flexibility index (Phi) is 10.1. The number of carbonyl (C=O) groups excluding carboxylic acids is 2. The molecule has 0 aliphatic carbocycles. The quantitative estimate of drug-likeness (QED) is 0.411. The molecule has 6 nitrogen and oxygen atoms in total. The van der Waals surface area contributed by atoms with Crippen molar-refractivity contribution in [3.05, 3.63) is 63.1 Å². The Bertz CT molecular complexity index is 1020. The Balaban J connectivity index is 0.00000432. The first-order valence-corrected chi connectivity index (χ1v) is 12.3. The number of rotatable bonds is 5.